The summed E-state index contributed by atoms with van der Waals surface area (Å²) in [7, 11) is -2.58. The third kappa shape index (κ3) is 8.50. The van der Waals surface area contributed by atoms with E-state index in [0.717, 1.165) is 44.5 Å². The summed E-state index contributed by atoms with van der Waals surface area (Å²) in [4.78, 5) is 23.0. The molecule has 1 aliphatic rings. The lowest BCUT2D eigenvalue weighted by molar-refractivity contribution is 0.0880. The molecule has 1 aliphatic heterocycles. The van der Waals surface area contributed by atoms with Crippen LogP contribution >= 0.6 is 7.82 Å². The van der Waals surface area contributed by atoms with Gasteiger partial charge in [-0.05, 0) is 66.9 Å². The van der Waals surface area contributed by atoms with Gasteiger partial charge in [0, 0.05) is 40.2 Å². The number of carbonyl (C=O) groups is 1. The SMILES string of the molecule is COC1=CC(c2cc3ccccc3n2C(=O)CC(C)(C)c2c(C)cccc2OP(=O)(OCc2ccccc2)OCc2ccccc2)=NC1=Cc1ccc(C)[nH]1. The number of hydrogen-bond donors (Lipinski definition) is 1. The number of aliphatic imine (C=N–C) groups is 1. The fourth-order valence-corrected chi connectivity index (χ4v) is 8.17. The van der Waals surface area contributed by atoms with Crippen LogP contribution in [0.2, 0.25) is 0 Å². The summed E-state index contributed by atoms with van der Waals surface area (Å²) in [6.07, 6.45) is 3.87. The molecule has 0 aliphatic carbocycles. The van der Waals surface area contributed by atoms with Crippen LogP contribution in [-0.4, -0.2) is 28.3 Å². The number of aryl methyl sites for hydroxylation is 2. The molecule has 0 fully saturated rings. The molecule has 2 aromatic heterocycles. The zero-order valence-corrected chi connectivity index (χ0v) is 32.5. The van der Waals surface area contributed by atoms with Crippen LogP contribution < -0.4 is 4.52 Å². The number of rotatable bonds is 14. The second-order valence-electron chi connectivity index (χ2n) is 14.2. The number of carbonyl (C=O) groups excluding carboxylic acids is 1. The highest BCUT2D eigenvalue weighted by Gasteiger charge is 2.36. The van der Waals surface area contributed by atoms with E-state index in [1.54, 1.807) is 17.7 Å². The first-order valence-corrected chi connectivity index (χ1v) is 19.6. The van der Waals surface area contributed by atoms with Crippen LogP contribution in [0, 0.1) is 13.8 Å². The van der Waals surface area contributed by atoms with Crippen molar-refractivity contribution in [2.45, 2.75) is 52.7 Å². The van der Waals surface area contributed by atoms with Crippen LogP contribution in [0.3, 0.4) is 0 Å². The molecule has 10 heteroatoms. The van der Waals surface area contributed by atoms with Gasteiger partial charge in [0.2, 0.25) is 5.91 Å². The van der Waals surface area contributed by atoms with E-state index >= 15 is 0 Å². The van der Waals surface area contributed by atoms with E-state index < -0.39 is 13.2 Å². The summed E-state index contributed by atoms with van der Waals surface area (Å²) in [5, 5.41) is 0.906. The van der Waals surface area contributed by atoms with E-state index in [4.69, 9.17) is 23.3 Å². The first kappa shape index (κ1) is 37.6. The lowest BCUT2D eigenvalue weighted by atomic mass is 9.78. The number of fused-ring (bicyclic) bond motifs is 1. The van der Waals surface area contributed by atoms with E-state index in [2.05, 4.69) is 4.98 Å². The number of allylic oxidation sites excluding steroid dienone is 1. The molecule has 0 radical (unpaired) electrons. The maximum absolute atomic E-state index is 14.7. The molecule has 9 nitrogen and oxygen atoms in total. The Labute approximate surface area is 321 Å². The number of nitrogens with zero attached hydrogens (tertiary/aromatic N) is 2. The Balaban J connectivity index is 1.21. The Kier molecular flexibility index (Phi) is 10.9. The van der Waals surface area contributed by atoms with E-state index in [1.807, 2.05) is 155 Å². The predicted molar refractivity (Wildman–Crippen MR) is 217 cm³/mol. The number of H-pyrrole nitrogens is 1. The van der Waals surface area contributed by atoms with E-state index in [9.17, 15) is 9.36 Å². The monoisotopic (exact) mass is 753 g/mol. The Morgan fingerprint density at radius 2 is 1.49 bits per heavy atom. The number of aromatic amines is 1. The lowest BCUT2D eigenvalue weighted by Gasteiger charge is -2.30. The third-order valence-corrected chi connectivity index (χ3v) is 10.8. The molecule has 0 saturated carbocycles. The van der Waals surface area contributed by atoms with Crippen molar-refractivity contribution in [2.24, 2.45) is 4.99 Å². The van der Waals surface area contributed by atoms with Gasteiger partial charge in [-0.1, -0.05) is 105 Å². The molecule has 1 N–H and O–H groups in total. The molecule has 0 atom stereocenters. The number of aromatic nitrogens is 2. The van der Waals surface area contributed by atoms with Gasteiger partial charge >= 0.3 is 7.82 Å². The van der Waals surface area contributed by atoms with Crippen molar-refractivity contribution in [3.05, 3.63) is 178 Å². The molecule has 280 valence electrons. The normalized spacial score (nSPS) is 13.9. The van der Waals surface area contributed by atoms with Gasteiger partial charge < -0.3 is 14.2 Å². The predicted octanol–water partition coefficient (Wildman–Crippen LogP) is 10.9. The Morgan fingerprint density at radius 3 is 2.13 bits per heavy atom. The number of benzene rings is 4. The molecular formula is C45H44N3O6P. The highest BCUT2D eigenvalue weighted by atomic mass is 31.2. The van der Waals surface area contributed by atoms with Crippen LogP contribution in [0.15, 0.2) is 144 Å². The second-order valence-corrected chi connectivity index (χ2v) is 15.8. The zero-order valence-electron chi connectivity index (χ0n) is 31.6. The molecular weight excluding hydrogens is 709 g/mol. The number of phosphoric acid groups is 1. The summed E-state index contributed by atoms with van der Waals surface area (Å²) in [5.41, 5.74) is 7.04. The zero-order chi connectivity index (χ0) is 38.6. The third-order valence-electron chi connectivity index (χ3n) is 9.53. The summed E-state index contributed by atoms with van der Waals surface area (Å²) in [5.74, 6) is 0.774. The second kappa shape index (κ2) is 15.9. The summed E-state index contributed by atoms with van der Waals surface area (Å²) < 4.78 is 40.2. The van der Waals surface area contributed by atoms with Crippen LogP contribution in [-0.2, 0) is 37.0 Å². The minimum absolute atomic E-state index is 0.0179. The fourth-order valence-electron chi connectivity index (χ4n) is 6.98. The van der Waals surface area contributed by atoms with Gasteiger partial charge in [0.05, 0.1) is 37.2 Å². The minimum Gasteiger partial charge on any atom is -0.494 e. The molecule has 0 amide bonds. The molecule has 6 aromatic rings. The van der Waals surface area contributed by atoms with Crippen molar-refractivity contribution in [3.63, 3.8) is 0 Å². The summed E-state index contributed by atoms with van der Waals surface area (Å²) in [6.45, 7) is 7.96. The van der Waals surface area contributed by atoms with Gasteiger partial charge in [-0.2, -0.15) is 0 Å². The topological polar surface area (TPSA) is 104 Å². The van der Waals surface area contributed by atoms with Crippen LogP contribution in [0.5, 0.6) is 5.75 Å². The molecule has 7 rings (SSSR count). The fraction of sp³-hybridized carbons (Fsp3) is 0.200. The van der Waals surface area contributed by atoms with Crippen molar-refractivity contribution >= 4 is 36.4 Å². The van der Waals surface area contributed by atoms with Crippen molar-refractivity contribution in [1.82, 2.24) is 9.55 Å². The lowest BCUT2D eigenvalue weighted by Crippen LogP contribution is -2.28. The maximum atomic E-state index is 14.7. The van der Waals surface area contributed by atoms with Crippen LogP contribution in [0.1, 0.15) is 64.4 Å². The summed E-state index contributed by atoms with van der Waals surface area (Å²) >= 11 is 0. The number of phosphoric ester groups is 1. The first-order valence-electron chi connectivity index (χ1n) is 18.1. The Hall–Kier alpha value is -5.73. The average molecular weight is 754 g/mol. The number of nitrogens with one attached hydrogen (secondary N) is 1. The van der Waals surface area contributed by atoms with Gasteiger partial charge in [0.25, 0.3) is 0 Å². The van der Waals surface area contributed by atoms with E-state index in [-0.39, 0.29) is 25.5 Å². The number of para-hydroxylation sites is 1. The largest absolute Gasteiger partial charge is 0.530 e. The Morgan fingerprint density at radius 1 is 0.836 bits per heavy atom. The molecule has 4 aromatic carbocycles. The summed E-state index contributed by atoms with van der Waals surface area (Å²) in [6, 6.07) is 38.2. The quantitative estimate of drug-likeness (QED) is 0.111. The van der Waals surface area contributed by atoms with Crippen molar-refractivity contribution in [3.8, 4) is 5.75 Å². The molecule has 55 heavy (non-hydrogen) atoms. The van der Waals surface area contributed by atoms with Crippen molar-refractivity contribution in [2.75, 3.05) is 7.11 Å². The van der Waals surface area contributed by atoms with E-state index in [0.29, 0.717) is 28.6 Å². The van der Waals surface area contributed by atoms with Gasteiger partial charge in [0.15, 0.2) is 0 Å². The minimum atomic E-state index is -4.20. The standard InChI is InChI=1S/C45H44N3O6P/c1-31-15-14-22-41(54-55(50,52-29-33-16-8-6-9-17-33)53-30-34-18-10-7-11-19-34)44(31)45(3,4)28-43(49)48-39-21-13-12-20-35(39)25-40(48)37-27-42(51-5)38(47-37)26-36-24-23-32(2)46-36/h6-27,46H,28-30H2,1-5H3. The first-order chi connectivity index (χ1) is 26.5. The van der Waals surface area contributed by atoms with E-state index in [1.165, 1.54) is 0 Å². The molecule has 0 spiro atoms. The van der Waals surface area contributed by atoms with Gasteiger partial charge in [-0.15, -0.1) is 0 Å². The van der Waals surface area contributed by atoms with Crippen molar-refractivity contribution in [1.29, 1.82) is 0 Å². The Bertz CT molecular complexity index is 2430. The van der Waals surface area contributed by atoms with Crippen LogP contribution in [0.4, 0.5) is 0 Å². The average Bonchev–Trinajstić information content (AvgIpc) is 3.90. The number of ether oxygens (including phenoxy) is 1. The molecule has 0 saturated heterocycles. The molecule has 0 unspecified atom stereocenters. The smallest absolute Gasteiger partial charge is 0.494 e. The number of methoxy groups -OCH3 is 1. The highest BCUT2D eigenvalue weighted by molar-refractivity contribution is 7.48. The van der Waals surface area contributed by atoms with Crippen molar-refractivity contribution < 1.29 is 27.7 Å². The van der Waals surface area contributed by atoms with Gasteiger partial charge in [0.1, 0.15) is 17.2 Å². The molecule has 0 bridgehead atoms. The number of hydrogen-bond acceptors (Lipinski definition) is 7. The highest BCUT2D eigenvalue weighted by Crippen LogP contribution is 2.53. The van der Waals surface area contributed by atoms with Gasteiger partial charge in [-0.25, -0.2) is 9.56 Å². The van der Waals surface area contributed by atoms with Crippen LogP contribution in [0.25, 0.3) is 17.0 Å². The molecule has 3 heterocycles. The maximum Gasteiger partial charge on any atom is 0.530 e. The van der Waals surface area contributed by atoms with Gasteiger partial charge in [-0.3, -0.25) is 18.4 Å².